The predicted octanol–water partition coefficient (Wildman–Crippen LogP) is 4.69. The SMILES string of the molecule is Cc1cccc(C(N)=NOC(=O)c2cc(-c3ccccc3)nc3ccccc23)c1. The maximum Gasteiger partial charge on any atom is 0.366 e. The molecule has 4 rings (SSSR count). The average Bonchev–Trinajstić information content (AvgIpc) is 2.77. The molecule has 5 heteroatoms. The molecule has 0 saturated carbocycles. The maximum atomic E-state index is 12.8. The number of hydrogen-bond donors (Lipinski definition) is 1. The standard InChI is InChI=1S/C24H19N3O2/c1-16-8-7-11-18(14-16)23(25)27-29-24(28)20-15-22(17-9-3-2-4-10-17)26-21-13-6-5-12-19(20)21/h2-15H,1H3,(H2,25,27). The Morgan fingerprint density at radius 1 is 0.931 bits per heavy atom. The van der Waals surface area contributed by atoms with Gasteiger partial charge < -0.3 is 10.6 Å². The molecule has 0 radical (unpaired) electrons. The van der Waals surface area contributed by atoms with Crippen LogP contribution in [-0.4, -0.2) is 16.8 Å². The van der Waals surface area contributed by atoms with E-state index in [2.05, 4.69) is 10.1 Å². The number of carbonyl (C=O) groups is 1. The van der Waals surface area contributed by atoms with Gasteiger partial charge in [-0.2, -0.15) is 0 Å². The zero-order valence-electron chi connectivity index (χ0n) is 15.9. The van der Waals surface area contributed by atoms with Crippen molar-refractivity contribution in [3.63, 3.8) is 0 Å². The van der Waals surface area contributed by atoms with Gasteiger partial charge in [0.2, 0.25) is 0 Å². The number of carbonyl (C=O) groups excluding carboxylic acids is 1. The molecule has 3 aromatic carbocycles. The van der Waals surface area contributed by atoms with Crippen LogP contribution < -0.4 is 5.73 Å². The van der Waals surface area contributed by atoms with E-state index in [0.29, 0.717) is 27.7 Å². The third kappa shape index (κ3) is 3.99. The van der Waals surface area contributed by atoms with Crippen LogP contribution >= 0.6 is 0 Å². The molecule has 0 saturated heterocycles. The van der Waals surface area contributed by atoms with Gasteiger partial charge in [-0.3, -0.25) is 0 Å². The number of nitrogens with two attached hydrogens (primary N) is 1. The van der Waals surface area contributed by atoms with Crippen molar-refractivity contribution < 1.29 is 9.63 Å². The first-order chi connectivity index (χ1) is 14.1. The number of pyridine rings is 1. The van der Waals surface area contributed by atoms with Crippen molar-refractivity contribution in [2.45, 2.75) is 6.92 Å². The van der Waals surface area contributed by atoms with E-state index in [1.807, 2.05) is 85.8 Å². The number of hydrogen-bond acceptors (Lipinski definition) is 4. The van der Waals surface area contributed by atoms with Crippen LogP contribution in [0.4, 0.5) is 0 Å². The summed E-state index contributed by atoms with van der Waals surface area (Å²) in [6, 6.07) is 26.4. The number of oxime groups is 1. The number of aryl methyl sites for hydroxylation is 1. The number of fused-ring (bicyclic) bond motifs is 1. The van der Waals surface area contributed by atoms with Crippen LogP contribution in [0.3, 0.4) is 0 Å². The van der Waals surface area contributed by atoms with Crippen LogP contribution in [0.25, 0.3) is 22.2 Å². The molecule has 2 N–H and O–H groups in total. The van der Waals surface area contributed by atoms with Crippen LogP contribution in [0.5, 0.6) is 0 Å². The lowest BCUT2D eigenvalue weighted by atomic mass is 10.0. The minimum atomic E-state index is -0.587. The first kappa shape index (κ1) is 18.4. The van der Waals surface area contributed by atoms with Crippen LogP contribution in [0.1, 0.15) is 21.5 Å². The molecule has 0 aliphatic rings. The second kappa shape index (κ2) is 7.94. The van der Waals surface area contributed by atoms with E-state index in [4.69, 9.17) is 10.6 Å². The number of nitrogens with zero attached hydrogens (tertiary/aromatic N) is 2. The van der Waals surface area contributed by atoms with E-state index in [-0.39, 0.29) is 5.84 Å². The van der Waals surface area contributed by atoms with Crippen molar-refractivity contribution >= 4 is 22.7 Å². The van der Waals surface area contributed by atoms with Gasteiger partial charge in [-0.05, 0) is 25.1 Å². The number of rotatable bonds is 4. The van der Waals surface area contributed by atoms with Gasteiger partial charge in [-0.1, -0.05) is 77.4 Å². The van der Waals surface area contributed by atoms with Gasteiger partial charge in [0.1, 0.15) is 0 Å². The molecule has 4 aromatic rings. The van der Waals surface area contributed by atoms with Crippen molar-refractivity contribution in [3.8, 4) is 11.3 Å². The molecule has 0 aliphatic carbocycles. The van der Waals surface area contributed by atoms with Gasteiger partial charge >= 0.3 is 5.97 Å². The minimum Gasteiger partial charge on any atom is -0.380 e. The fourth-order valence-electron chi connectivity index (χ4n) is 3.10. The average molecular weight is 381 g/mol. The number of aromatic nitrogens is 1. The zero-order valence-corrected chi connectivity index (χ0v) is 15.9. The first-order valence-corrected chi connectivity index (χ1v) is 9.19. The Labute approximate surface area is 168 Å². The quantitative estimate of drug-likeness (QED) is 0.241. The Kier molecular flexibility index (Phi) is 5.03. The highest BCUT2D eigenvalue weighted by Crippen LogP contribution is 2.25. The topological polar surface area (TPSA) is 77.6 Å². The lowest BCUT2D eigenvalue weighted by Crippen LogP contribution is -2.15. The summed E-state index contributed by atoms with van der Waals surface area (Å²) in [6.07, 6.45) is 0. The maximum absolute atomic E-state index is 12.8. The molecule has 0 aliphatic heterocycles. The summed E-state index contributed by atoms with van der Waals surface area (Å²) in [7, 11) is 0. The van der Waals surface area contributed by atoms with E-state index in [0.717, 1.165) is 11.1 Å². The minimum absolute atomic E-state index is 0.142. The summed E-state index contributed by atoms with van der Waals surface area (Å²) < 4.78 is 0. The summed E-state index contributed by atoms with van der Waals surface area (Å²) in [6.45, 7) is 1.96. The third-order valence-electron chi connectivity index (χ3n) is 4.55. The Morgan fingerprint density at radius 2 is 1.69 bits per heavy atom. The molecule has 0 fully saturated rings. The molecule has 1 aromatic heterocycles. The smallest absolute Gasteiger partial charge is 0.366 e. The van der Waals surface area contributed by atoms with Crippen molar-refractivity contribution in [1.82, 2.24) is 4.98 Å². The number of para-hydroxylation sites is 1. The van der Waals surface area contributed by atoms with Gasteiger partial charge in [-0.25, -0.2) is 9.78 Å². The van der Waals surface area contributed by atoms with E-state index >= 15 is 0 Å². The third-order valence-corrected chi connectivity index (χ3v) is 4.55. The lowest BCUT2D eigenvalue weighted by molar-refractivity contribution is 0.0518. The molecule has 0 unspecified atom stereocenters. The summed E-state index contributed by atoms with van der Waals surface area (Å²) >= 11 is 0. The van der Waals surface area contributed by atoms with Crippen molar-refractivity contribution in [2.24, 2.45) is 10.9 Å². The summed E-state index contributed by atoms with van der Waals surface area (Å²) in [5.74, 6) is -0.444. The molecule has 0 amide bonds. The van der Waals surface area contributed by atoms with Crippen LogP contribution in [0, 0.1) is 6.92 Å². The number of benzene rings is 3. The van der Waals surface area contributed by atoms with E-state index in [1.165, 1.54) is 0 Å². The molecule has 0 spiro atoms. The molecule has 29 heavy (non-hydrogen) atoms. The molecule has 1 heterocycles. The second-order valence-corrected chi connectivity index (χ2v) is 6.66. The van der Waals surface area contributed by atoms with Crippen molar-refractivity contribution in [2.75, 3.05) is 0 Å². The predicted molar refractivity (Wildman–Crippen MR) is 114 cm³/mol. The summed E-state index contributed by atoms with van der Waals surface area (Å²) in [5, 5.41) is 4.54. The van der Waals surface area contributed by atoms with Crippen LogP contribution in [0.15, 0.2) is 90.1 Å². The highest BCUT2D eigenvalue weighted by atomic mass is 16.7. The van der Waals surface area contributed by atoms with Gasteiger partial charge in [0.15, 0.2) is 5.84 Å². The zero-order chi connectivity index (χ0) is 20.2. The van der Waals surface area contributed by atoms with Crippen LogP contribution in [-0.2, 0) is 4.84 Å². The van der Waals surface area contributed by atoms with Gasteiger partial charge in [0.25, 0.3) is 0 Å². The fraction of sp³-hybridized carbons (Fsp3) is 0.0417. The summed E-state index contributed by atoms with van der Waals surface area (Å²) in [5.41, 5.74) is 10.4. The fourth-order valence-corrected chi connectivity index (χ4v) is 3.10. The first-order valence-electron chi connectivity index (χ1n) is 9.19. The Hall–Kier alpha value is -3.99. The van der Waals surface area contributed by atoms with Gasteiger partial charge in [0, 0.05) is 16.5 Å². The Morgan fingerprint density at radius 3 is 2.48 bits per heavy atom. The van der Waals surface area contributed by atoms with E-state index in [9.17, 15) is 4.79 Å². The number of amidine groups is 1. The molecular weight excluding hydrogens is 362 g/mol. The monoisotopic (exact) mass is 381 g/mol. The molecule has 142 valence electrons. The van der Waals surface area contributed by atoms with E-state index < -0.39 is 5.97 Å². The largest absolute Gasteiger partial charge is 0.380 e. The van der Waals surface area contributed by atoms with Crippen molar-refractivity contribution in [1.29, 1.82) is 0 Å². The molecule has 0 bridgehead atoms. The van der Waals surface area contributed by atoms with E-state index in [1.54, 1.807) is 6.07 Å². The van der Waals surface area contributed by atoms with Crippen LogP contribution in [0.2, 0.25) is 0 Å². The molecular formula is C24H19N3O2. The molecule has 0 atom stereocenters. The highest BCUT2D eigenvalue weighted by molar-refractivity contribution is 6.05. The highest BCUT2D eigenvalue weighted by Gasteiger charge is 2.16. The van der Waals surface area contributed by atoms with Gasteiger partial charge in [-0.15, -0.1) is 0 Å². The Balaban J connectivity index is 1.71. The van der Waals surface area contributed by atoms with Gasteiger partial charge in [0.05, 0.1) is 16.8 Å². The second-order valence-electron chi connectivity index (χ2n) is 6.66. The lowest BCUT2D eigenvalue weighted by Gasteiger charge is -2.08. The summed E-state index contributed by atoms with van der Waals surface area (Å²) in [4.78, 5) is 22.7. The Bertz CT molecular complexity index is 1220. The normalized spacial score (nSPS) is 11.4. The molecule has 5 nitrogen and oxygen atoms in total. The van der Waals surface area contributed by atoms with Crippen molar-refractivity contribution in [3.05, 3.63) is 102 Å².